The molecule has 3 nitrogen and oxygen atoms in total. The summed E-state index contributed by atoms with van der Waals surface area (Å²) < 4.78 is 0. The third kappa shape index (κ3) is 2.34. The molecule has 0 spiro atoms. The molecule has 0 saturated heterocycles. The predicted octanol–water partition coefficient (Wildman–Crippen LogP) is 4.20. The van der Waals surface area contributed by atoms with Gasteiger partial charge >= 0.3 is 0 Å². The van der Waals surface area contributed by atoms with Crippen molar-refractivity contribution in [2.75, 3.05) is 0 Å². The third-order valence-electron chi connectivity index (χ3n) is 3.13. The Balaban J connectivity index is 2.01. The van der Waals surface area contributed by atoms with Gasteiger partial charge in [0.2, 0.25) is 0 Å². The van der Waals surface area contributed by atoms with Crippen LogP contribution in [0.4, 0.5) is 0 Å². The van der Waals surface area contributed by atoms with Gasteiger partial charge in [-0.2, -0.15) is 0 Å². The van der Waals surface area contributed by atoms with Crippen molar-refractivity contribution < 1.29 is 4.79 Å². The first-order valence-electron chi connectivity index (χ1n) is 6.50. The number of Topliss-reactive ketones (excluding diaryl/α,β-unsaturated/α-hetero) is 1. The minimum atomic E-state index is 0.0315. The van der Waals surface area contributed by atoms with E-state index in [1.165, 1.54) is 11.3 Å². The number of aromatic nitrogens is 2. The van der Waals surface area contributed by atoms with E-state index in [0.717, 1.165) is 26.4 Å². The summed E-state index contributed by atoms with van der Waals surface area (Å²) in [7, 11) is 0. The van der Waals surface area contributed by atoms with Crippen molar-refractivity contribution >= 4 is 28.2 Å². The molecule has 20 heavy (non-hydrogen) atoms. The summed E-state index contributed by atoms with van der Waals surface area (Å²) in [6.45, 7) is 3.85. The van der Waals surface area contributed by atoms with Crippen LogP contribution in [0.1, 0.15) is 23.5 Å². The van der Waals surface area contributed by atoms with Crippen LogP contribution in [-0.4, -0.2) is 15.8 Å². The zero-order chi connectivity index (χ0) is 14.1. The van der Waals surface area contributed by atoms with Crippen LogP contribution < -0.4 is 0 Å². The topological polar surface area (TPSA) is 42.9 Å². The average Bonchev–Trinajstić information content (AvgIpc) is 2.95. The molecule has 0 atom stereocenters. The van der Waals surface area contributed by atoms with Gasteiger partial charge in [0, 0.05) is 23.2 Å². The fourth-order valence-corrected chi connectivity index (χ4v) is 3.12. The maximum absolute atomic E-state index is 12.0. The Morgan fingerprint density at radius 1 is 1.05 bits per heavy atom. The van der Waals surface area contributed by atoms with Crippen LogP contribution in [0.25, 0.3) is 21.5 Å². The van der Waals surface area contributed by atoms with E-state index in [-0.39, 0.29) is 11.7 Å². The second kappa shape index (κ2) is 5.13. The van der Waals surface area contributed by atoms with Crippen molar-refractivity contribution in [2.24, 2.45) is 5.92 Å². The monoisotopic (exact) mass is 282 g/mol. The van der Waals surface area contributed by atoms with Crippen LogP contribution in [0, 0.1) is 5.92 Å². The van der Waals surface area contributed by atoms with Gasteiger partial charge in [-0.05, 0) is 29.8 Å². The highest BCUT2D eigenvalue weighted by atomic mass is 32.1. The van der Waals surface area contributed by atoms with Crippen LogP contribution in [0.3, 0.4) is 0 Å². The lowest BCUT2D eigenvalue weighted by Crippen LogP contribution is -2.04. The van der Waals surface area contributed by atoms with Gasteiger partial charge < -0.3 is 0 Å². The zero-order valence-electron chi connectivity index (χ0n) is 11.3. The van der Waals surface area contributed by atoms with Crippen LogP contribution in [0.5, 0.6) is 0 Å². The molecule has 1 aromatic carbocycles. The molecule has 0 N–H and O–H groups in total. The number of hydrogen-bond acceptors (Lipinski definition) is 4. The van der Waals surface area contributed by atoms with Crippen molar-refractivity contribution in [1.82, 2.24) is 9.97 Å². The smallest absolute Gasteiger partial charge is 0.175 e. The molecule has 4 heteroatoms. The molecule has 3 rings (SSSR count). The lowest BCUT2D eigenvalue weighted by Gasteiger charge is -2.01. The molecule has 3 aromatic rings. The lowest BCUT2D eigenvalue weighted by molar-refractivity contribution is 0.0943. The second-order valence-corrected chi connectivity index (χ2v) is 6.03. The number of ketones is 1. The molecule has 0 unspecified atom stereocenters. The van der Waals surface area contributed by atoms with Gasteiger partial charge in [-0.15, -0.1) is 11.3 Å². The minimum absolute atomic E-state index is 0.0315. The van der Waals surface area contributed by atoms with E-state index in [4.69, 9.17) is 0 Å². The maximum Gasteiger partial charge on any atom is 0.175 e. The van der Waals surface area contributed by atoms with E-state index in [2.05, 4.69) is 9.97 Å². The summed E-state index contributed by atoms with van der Waals surface area (Å²) in [5, 5.41) is 0. The Morgan fingerprint density at radius 3 is 2.55 bits per heavy atom. The van der Waals surface area contributed by atoms with E-state index in [1.54, 1.807) is 12.4 Å². The van der Waals surface area contributed by atoms with E-state index in [1.807, 2.05) is 44.2 Å². The van der Waals surface area contributed by atoms with Crippen LogP contribution in [-0.2, 0) is 0 Å². The molecule has 0 amide bonds. The first kappa shape index (κ1) is 12.9. The Hall–Kier alpha value is -2.07. The van der Waals surface area contributed by atoms with Gasteiger partial charge in [-0.25, -0.2) is 0 Å². The minimum Gasteiger partial charge on any atom is -0.293 e. The third-order valence-corrected chi connectivity index (χ3v) is 4.28. The fraction of sp³-hybridized carbons (Fsp3) is 0.188. The van der Waals surface area contributed by atoms with Crippen LogP contribution in [0.2, 0.25) is 0 Å². The van der Waals surface area contributed by atoms with Crippen LogP contribution in [0.15, 0.2) is 42.7 Å². The molecule has 0 aliphatic carbocycles. The molecule has 100 valence electrons. The largest absolute Gasteiger partial charge is 0.293 e. The summed E-state index contributed by atoms with van der Waals surface area (Å²) in [6, 6.07) is 9.90. The Labute approximate surface area is 121 Å². The number of thiophene rings is 1. The van der Waals surface area contributed by atoms with Gasteiger partial charge in [0.25, 0.3) is 0 Å². The molecule has 0 aliphatic heterocycles. The number of hydrogen-bond donors (Lipinski definition) is 0. The lowest BCUT2D eigenvalue weighted by atomic mass is 10.1. The standard InChI is InChI=1S/C16H14N2OS/c1-10(2)16(19)15-6-5-14(20-15)11-3-4-12-13(9-11)18-8-7-17-12/h3-10H,1-2H3. The van der Waals surface area contributed by atoms with Gasteiger partial charge in [-0.1, -0.05) is 19.9 Å². The number of rotatable bonds is 3. The molecule has 0 saturated carbocycles. The average molecular weight is 282 g/mol. The number of carbonyl (C=O) groups is 1. The summed E-state index contributed by atoms with van der Waals surface area (Å²) in [4.78, 5) is 22.5. The van der Waals surface area contributed by atoms with Crippen molar-refractivity contribution in [1.29, 1.82) is 0 Å². The Bertz CT molecular complexity index is 777. The number of benzene rings is 1. The predicted molar refractivity (Wildman–Crippen MR) is 82.0 cm³/mol. The number of fused-ring (bicyclic) bond motifs is 1. The number of carbonyl (C=O) groups excluding carboxylic acids is 1. The quantitative estimate of drug-likeness (QED) is 0.676. The van der Waals surface area contributed by atoms with E-state index in [0.29, 0.717) is 0 Å². The van der Waals surface area contributed by atoms with E-state index >= 15 is 0 Å². The first-order chi connectivity index (χ1) is 9.65. The number of nitrogens with zero attached hydrogens (tertiary/aromatic N) is 2. The zero-order valence-corrected chi connectivity index (χ0v) is 12.1. The summed E-state index contributed by atoms with van der Waals surface area (Å²) in [6.07, 6.45) is 3.38. The van der Waals surface area contributed by atoms with E-state index < -0.39 is 0 Å². The summed E-state index contributed by atoms with van der Waals surface area (Å²) in [5.41, 5.74) is 2.83. The molecule has 0 aliphatic rings. The van der Waals surface area contributed by atoms with Crippen molar-refractivity contribution in [3.8, 4) is 10.4 Å². The molecule has 2 aromatic heterocycles. The molecule has 0 bridgehead atoms. The molecule has 0 radical (unpaired) electrons. The summed E-state index contributed by atoms with van der Waals surface area (Å²) >= 11 is 1.53. The van der Waals surface area contributed by atoms with E-state index in [9.17, 15) is 4.79 Å². The van der Waals surface area contributed by atoms with Gasteiger partial charge in [-0.3, -0.25) is 14.8 Å². The SMILES string of the molecule is CC(C)C(=O)c1ccc(-c2ccc3nccnc3c2)s1. The first-order valence-corrected chi connectivity index (χ1v) is 7.32. The van der Waals surface area contributed by atoms with Crippen molar-refractivity contribution in [3.05, 3.63) is 47.6 Å². The van der Waals surface area contributed by atoms with Gasteiger partial charge in [0.1, 0.15) is 0 Å². The molecule has 0 fully saturated rings. The normalized spacial score (nSPS) is 11.2. The van der Waals surface area contributed by atoms with Gasteiger partial charge in [0.05, 0.1) is 15.9 Å². The maximum atomic E-state index is 12.0. The highest BCUT2D eigenvalue weighted by Gasteiger charge is 2.13. The molecule has 2 heterocycles. The second-order valence-electron chi connectivity index (χ2n) is 4.94. The molecular weight excluding hydrogens is 268 g/mol. The van der Waals surface area contributed by atoms with Crippen LogP contribution >= 0.6 is 11.3 Å². The van der Waals surface area contributed by atoms with Crippen molar-refractivity contribution in [2.45, 2.75) is 13.8 Å². The highest BCUT2D eigenvalue weighted by molar-refractivity contribution is 7.17. The fourth-order valence-electron chi connectivity index (χ4n) is 2.03. The summed E-state index contributed by atoms with van der Waals surface area (Å²) in [5.74, 6) is 0.228. The van der Waals surface area contributed by atoms with Crippen molar-refractivity contribution in [3.63, 3.8) is 0 Å². The van der Waals surface area contributed by atoms with Gasteiger partial charge in [0.15, 0.2) is 5.78 Å². The Morgan fingerprint density at radius 2 is 1.80 bits per heavy atom. The highest BCUT2D eigenvalue weighted by Crippen LogP contribution is 2.30. The molecular formula is C16H14N2OS. The Kier molecular flexibility index (Phi) is 3.32.